The van der Waals surface area contributed by atoms with Gasteiger partial charge in [0, 0.05) is 6.54 Å². The van der Waals surface area contributed by atoms with Crippen molar-refractivity contribution in [1.29, 1.82) is 0 Å². The first kappa shape index (κ1) is 33.4. The van der Waals surface area contributed by atoms with Crippen molar-refractivity contribution in [3.63, 3.8) is 0 Å². The summed E-state index contributed by atoms with van der Waals surface area (Å²) in [6.45, 7) is 13.7. The topological polar surface area (TPSA) is 171 Å². The normalized spacial score (nSPS) is 24.8. The second kappa shape index (κ2) is 12.5. The van der Waals surface area contributed by atoms with E-state index in [0.29, 0.717) is 18.5 Å². The summed E-state index contributed by atoms with van der Waals surface area (Å²) in [5.74, 6) is -2.74. The van der Waals surface area contributed by atoms with E-state index in [1.165, 1.54) is 4.90 Å². The Bertz CT molecular complexity index is 1270. The monoisotopic (exact) mass is 611 g/mol. The number of fused-ring (bicyclic) bond motifs is 1. The zero-order valence-electron chi connectivity index (χ0n) is 26.9. The number of nitrogens with two attached hydrogens (primary N) is 1. The molecule has 2 saturated carbocycles. The van der Waals surface area contributed by atoms with E-state index < -0.39 is 65.2 Å². The molecule has 0 spiro atoms. The first-order valence-electron chi connectivity index (χ1n) is 15.7. The number of rotatable bonds is 12. The van der Waals surface area contributed by atoms with Gasteiger partial charge in [0.2, 0.25) is 17.6 Å². The van der Waals surface area contributed by atoms with Crippen LogP contribution in [-0.4, -0.2) is 70.3 Å². The zero-order chi connectivity index (χ0) is 32.7. The molecule has 0 bridgehead atoms. The van der Waals surface area contributed by atoms with Gasteiger partial charge in [-0.05, 0) is 46.5 Å². The third kappa shape index (κ3) is 7.08. The van der Waals surface area contributed by atoms with Crippen LogP contribution >= 0.6 is 0 Å². The second-order valence-corrected chi connectivity index (χ2v) is 14.9. The standard InChI is InChI=1S/C33H49N5O6/c1-17(2)23(25(39)19-11-9-8-10-12-19)36-31(44)37-27(32(3,4)5)30(43)38-16-20-22(33(20,6)7)24(38)29(42)35-21(15-18-13-14-18)26(40)28(34)41/h8-12,17-18,20-25,27,39H,13-16H2,1-7H3,(H2,34,41)(H,35,42)(H2,36,37,44)/t20-,21?,22?,23-,24-,25+,27+/m0/s1. The van der Waals surface area contributed by atoms with E-state index in [0.717, 1.165) is 12.8 Å². The first-order chi connectivity index (χ1) is 20.4. The number of piperidine rings is 1. The Hall–Kier alpha value is -3.47. The van der Waals surface area contributed by atoms with Crippen LogP contribution in [0.5, 0.6) is 0 Å². The van der Waals surface area contributed by atoms with Crippen LogP contribution in [0.15, 0.2) is 30.3 Å². The van der Waals surface area contributed by atoms with E-state index in [2.05, 4.69) is 29.8 Å². The van der Waals surface area contributed by atoms with Crippen LogP contribution in [-0.2, 0) is 19.2 Å². The lowest BCUT2D eigenvalue weighted by molar-refractivity contribution is -0.145. The maximum absolute atomic E-state index is 14.2. The molecule has 7 atom stereocenters. The van der Waals surface area contributed by atoms with Crippen LogP contribution in [0.4, 0.5) is 4.79 Å². The smallest absolute Gasteiger partial charge is 0.315 e. The average Bonchev–Trinajstić information content (AvgIpc) is 3.80. The number of aliphatic hydroxyl groups excluding tert-OH is 1. The van der Waals surface area contributed by atoms with Gasteiger partial charge in [-0.3, -0.25) is 19.2 Å². The molecule has 1 aliphatic heterocycles. The van der Waals surface area contributed by atoms with Crippen molar-refractivity contribution in [2.75, 3.05) is 6.54 Å². The molecule has 44 heavy (non-hydrogen) atoms. The molecule has 1 aromatic rings. The number of hydrogen-bond donors (Lipinski definition) is 5. The Morgan fingerprint density at radius 2 is 1.64 bits per heavy atom. The molecule has 0 aromatic heterocycles. The summed E-state index contributed by atoms with van der Waals surface area (Å²) in [6, 6.07) is 4.95. The summed E-state index contributed by atoms with van der Waals surface area (Å²) >= 11 is 0. The van der Waals surface area contributed by atoms with Gasteiger partial charge in [-0.1, -0.05) is 91.6 Å². The van der Waals surface area contributed by atoms with E-state index >= 15 is 0 Å². The van der Waals surface area contributed by atoms with E-state index in [1.54, 1.807) is 12.1 Å². The molecule has 3 fully saturated rings. The van der Waals surface area contributed by atoms with Crippen molar-refractivity contribution in [2.24, 2.45) is 40.2 Å². The molecule has 11 nitrogen and oxygen atoms in total. The van der Waals surface area contributed by atoms with Crippen molar-refractivity contribution in [3.8, 4) is 0 Å². The average molecular weight is 612 g/mol. The van der Waals surface area contributed by atoms with Gasteiger partial charge in [-0.2, -0.15) is 0 Å². The highest BCUT2D eigenvalue weighted by molar-refractivity contribution is 6.37. The third-order valence-corrected chi connectivity index (χ3v) is 9.79. The van der Waals surface area contributed by atoms with E-state index in [-0.39, 0.29) is 29.1 Å². The van der Waals surface area contributed by atoms with Gasteiger partial charge in [-0.15, -0.1) is 0 Å². The fourth-order valence-corrected chi connectivity index (χ4v) is 6.77. The molecule has 5 amide bonds. The largest absolute Gasteiger partial charge is 0.386 e. The summed E-state index contributed by atoms with van der Waals surface area (Å²) < 4.78 is 0. The summed E-state index contributed by atoms with van der Waals surface area (Å²) in [5.41, 5.74) is 5.05. The number of carbonyl (C=O) groups is 5. The number of primary amides is 1. The fourth-order valence-electron chi connectivity index (χ4n) is 6.77. The number of hydrogen-bond acceptors (Lipinski definition) is 6. The lowest BCUT2D eigenvalue weighted by Gasteiger charge is -2.38. The lowest BCUT2D eigenvalue weighted by atomic mass is 9.85. The summed E-state index contributed by atoms with van der Waals surface area (Å²) in [5, 5.41) is 19.5. The van der Waals surface area contributed by atoms with Crippen LogP contribution in [0.3, 0.4) is 0 Å². The Balaban J connectivity index is 1.52. The van der Waals surface area contributed by atoms with Crippen LogP contribution in [0.1, 0.15) is 79.4 Å². The molecule has 1 saturated heterocycles. The Morgan fingerprint density at radius 1 is 1.02 bits per heavy atom. The molecular formula is C33H49N5O6. The molecule has 11 heteroatoms. The fraction of sp³-hybridized carbons (Fsp3) is 0.667. The predicted octanol–water partition coefficient (Wildman–Crippen LogP) is 2.28. The number of carbonyl (C=O) groups excluding carboxylic acids is 5. The van der Waals surface area contributed by atoms with Crippen molar-refractivity contribution >= 4 is 29.5 Å². The van der Waals surface area contributed by atoms with Gasteiger partial charge >= 0.3 is 6.03 Å². The number of amides is 5. The van der Waals surface area contributed by atoms with E-state index in [4.69, 9.17) is 5.73 Å². The molecule has 0 radical (unpaired) electrons. The van der Waals surface area contributed by atoms with Gasteiger partial charge in [-0.25, -0.2) is 4.79 Å². The maximum Gasteiger partial charge on any atom is 0.315 e. The molecule has 1 aromatic carbocycles. The number of urea groups is 1. The molecule has 4 rings (SSSR count). The van der Waals surface area contributed by atoms with Crippen LogP contribution in [0.25, 0.3) is 0 Å². The molecule has 242 valence electrons. The highest BCUT2D eigenvalue weighted by atomic mass is 16.3. The number of nitrogens with one attached hydrogen (secondary N) is 3. The SMILES string of the molecule is CC(C)[C@H](NC(=O)N[C@H](C(=O)N1C[C@H]2C([C@H]1C(=O)NC(CC1CC1)C(=O)C(N)=O)C2(C)C)C(C)(C)C)[C@H](O)c1ccccc1. The molecule has 3 aliphatic rings. The minimum atomic E-state index is -1.10. The number of aliphatic hydroxyl groups is 1. The number of benzene rings is 1. The Morgan fingerprint density at radius 3 is 2.16 bits per heavy atom. The molecule has 6 N–H and O–H groups in total. The van der Waals surface area contributed by atoms with Crippen molar-refractivity contribution in [1.82, 2.24) is 20.9 Å². The minimum absolute atomic E-state index is 0.0803. The molecule has 1 heterocycles. The van der Waals surface area contributed by atoms with Gasteiger partial charge in [0.05, 0.1) is 18.2 Å². The van der Waals surface area contributed by atoms with Crippen LogP contribution < -0.4 is 21.7 Å². The van der Waals surface area contributed by atoms with Crippen molar-refractivity contribution < 1.29 is 29.1 Å². The van der Waals surface area contributed by atoms with Gasteiger partial charge in [0.25, 0.3) is 5.91 Å². The Kier molecular flexibility index (Phi) is 9.49. The number of likely N-dealkylation sites (tertiary alicyclic amines) is 1. The Labute approximate surface area is 260 Å². The van der Waals surface area contributed by atoms with Crippen LogP contribution in [0, 0.1) is 34.5 Å². The quantitative estimate of drug-likeness (QED) is 0.227. The predicted molar refractivity (Wildman–Crippen MR) is 165 cm³/mol. The van der Waals surface area contributed by atoms with Gasteiger partial charge < -0.3 is 31.7 Å². The molecule has 2 aliphatic carbocycles. The van der Waals surface area contributed by atoms with E-state index in [9.17, 15) is 29.1 Å². The maximum atomic E-state index is 14.2. The van der Waals surface area contributed by atoms with Crippen molar-refractivity contribution in [2.45, 2.75) is 98.0 Å². The number of ketones is 1. The number of Topliss-reactive ketones (excluding diaryl/α,β-unsaturated/α-hetero) is 1. The number of nitrogens with zero attached hydrogens (tertiary/aromatic N) is 1. The van der Waals surface area contributed by atoms with Crippen molar-refractivity contribution in [3.05, 3.63) is 35.9 Å². The highest BCUT2D eigenvalue weighted by Crippen LogP contribution is 2.65. The summed E-state index contributed by atoms with van der Waals surface area (Å²) in [4.78, 5) is 67.3. The molecule has 2 unspecified atom stereocenters. The summed E-state index contributed by atoms with van der Waals surface area (Å²) in [7, 11) is 0. The minimum Gasteiger partial charge on any atom is -0.386 e. The lowest BCUT2D eigenvalue weighted by Crippen LogP contribution is -2.62. The highest BCUT2D eigenvalue weighted by Gasteiger charge is 2.70. The third-order valence-electron chi connectivity index (χ3n) is 9.79. The van der Waals surface area contributed by atoms with E-state index in [1.807, 2.05) is 52.8 Å². The summed E-state index contributed by atoms with van der Waals surface area (Å²) in [6.07, 6.45) is 1.22. The molecular weight excluding hydrogens is 562 g/mol. The van der Waals surface area contributed by atoms with Gasteiger partial charge in [0.1, 0.15) is 12.1 Å². The van der Waals surface area contributed by atoms with Crippen LogP contribution in [0.2, 0.25) is 0 Å². The van der Waals surface area contributed by atoms with Gasteiger partial charge in [0.15, 0.2) is 0 Å². The second-order valence-electron chi connectivity index (χ2n) is 14.9. The first-order valence-corrected chi connectivity index (χ1v) is 15.7. The zero-order valence-corrected chi connectivity index (χ0v) is 26.9.